The molecule has 3 rings (SSSR count). The Balaban J connectivity index is 1.66. The van der Waals surface area contributed by atoms with Crippen LogP contribution in [0.25, 0.3) is 0 Å². The molecule has 5 nitrogen and oxygen atoms in total. The van der Waals surface area contributed by atoms with Crippen LogP contribution in [-0.4, -0.2) is 15.9 Å². The standard InChI is InChI=1S/C22H23FN4O/c1-22(2,3)16-8-10-17(11-9-16)26-21-24-13-12-19(27-21)20(28)25-14-15-6-4-5-7-18(15)23/h4-13H,14H2,1-3H3,(H,25,28)(H,24,26,27). The summed E-state index contributed by atoms with van der Waals surface area (Å²) in [6, 6.07) is 15.8. The summed E-state index contributed by atoms with van der Waals surface area (Å²) in [4.78, 5) is 20.7. The highest BCUT2D eigenvalue weighted by Gasteiger charge is 2.13. The molecular weight excluding hydrogens is 355 g/mol. The second-order valence-electron chi connectivity index (χ2n) is 7.49. The molecule has 0 unspecified atom stereocenters. The monoisotopic (exact) mass is 378 g/mol. The van der Waals surface area contributed by atoms with E-state index < -0.39 is 5.91 Å². The molecule has 0 radical (unpaired) electrons. The van der Waals surface area contributed by atoms with Crippen LogP contribution >= 0.6 is 0 Å². The highest BCUT2D eigenvalue weighted by Crippen LogP contribution is 2.24. The van der Waals surface area contributed by atoms with Crippen molar-refractivity contribution in [3.05, 3.63) is 83.4 Å². The van der Waals surface area contributed by atoms with Crippen LogP contribution in [-0.2, 0) is 12.0 Å². The minimum atomic E-state index is -0.392. The molecule has 0 saturated carbocycles. The van der Waals surface area contributed by atoms with Gasteiger partial charge in [-0.15, -0.1) is 0 Å². The van der Waals surface area contributed by atoms with Gasteiger partial charge in [0.1, 0.15) is 11.5 Å². The number of hydrogen-bond acceptors (Lipinski definition) is 4. The van der Waals surface area contributed by atoms with E-state index in [0.29, 0.717) is 11.5 Å². The molecule has 0 atom stereocenters. The zero-order valence-corrected chi connectivity index (χ0v) is 16.2. The normalized spacial score (nSPS) is 11.1. The first-order chi connectivity index (χ1) is 13.3. The Labute approximate surface area is 164 Å². The number of carbonyl (C=O) groups is 1. The minimum Gasteiger partial charge on any atom is -0.347 e. The molecule has 1 heterocycles. The van der Waals surface area contributed by atoms with Gasteiger partial charge in [0.15, 0.2) is 0 Å². The number of amides is 1. The third-order valence-corrected chi connectivity index (χ3v) is 4.29. The van der Waals surface area contributed by atoms with Crippen LogP contribution in [0.4, 0.5) is 16.0 Å². The third-order valence-electron chi connectivity index (χ3n) is 4.29. The smallest absolute Gasteiger partial charge is 0.270 e. The zero-order chi connectivity index (χ0) is 20.1. The molecule has 0 aliphatic heterocycles. The molecule has 1 amide bonds. The quantitative estimate of drug-likeness (QED) is 0.682. The first-order valence-electron chi connectivity index (χ1n) is 9.05. The van der Waals surface area contributed by atoms with E-state index in [1.165, 1.54) is 23.9 Å². The number of benzene rings is 2. The summed E-state index contributed by atoms with van der Waals surface area (Å²) < 4.78 is 13.7. The number of hydrogen-bond donors (Lipinski definition) is 2. The molecule has 0 aliphatic carbocycles. The maximum atomic E-state index is 13.7. The average Bonchev–Trinajstić information content (AvgIpc) is 2.67. The van der Waals surface area contributed by atoms with Gasteiger partial charge in [-0.3, -0.25) is 4.79 Å². The highest BCUT2D eigenvalue weighted by molar-refractivity contribution is 5.92. The highest BCUT2D eigenvalue weighted by atomic mass is 19.1. The summed E-state index contributed by atoms with van der Waals surface area (Å²) >= 11 is 0. The van der Waals surface area contributed by atoms with Gasteiger partial charge in [0.05, 0.1) is 0 Å². The predicted octanol–water partition coefficient (Wildman–Crippen LogP) is 4.59. The second-order valence-corrected chi connectivity index (χ2v) is 7.49. The van der Waals surface area contributed by atoms with Gasteiger partial charge >= 0.3 is 0 Å². The first-order valence-corrected chi connectivity index (χ1v) is 9.05. The largest absolute Gasteiger partial charge is 0.347 e. The summed E-state index contributed by atoms with van der Waals surface area (Å²) in [6.45, 7) is 6.55. The molecule has 3 aromatic rings. The number of anilines is 2. The first kappa shape index (κ1) is 19.5. The predicted molar refractivity (Wildman–Crippen MR) is 108 cm³/mol. The van der Waals surface area contributed by atoms with Crippen LogP contribution in [0.5, 0.6) is 0 Å². The van der Waals surface area contributed by atoms with Crippen LogP contribution in [0.1, 0.15) is 42.4 Å². The Bertz CT molecular complexity index is 965. The molecule has 0 saturated heterocycles. The lowest BCUT2D eigenvalue weighted by atomic mass is 9.87. The van der Waals surface area contributed by atoms with Crippen molar-refractivity contribution in [3.63, 3.8) is 0 Å². The molecule has 144 valence electrons. The SMILES string of the molecule is CC(C)(C)c1ccc(Nc2nccc(C(=O)NCc3ccccc3F)n2)cc1. The van der Waals surface area contributed by atoms with Gasteiger partial charge in [-0.25, -0.2) is 14.4 Å². The van der Waals surface area contributed by atoms with Gasteiger partial charge in [0.25, 0.3) is 5.91 Å². The van der Waals surface area contributed by atoms with Gasteiger partial charge in [-0.05, 0) is 35.2 Å². The van der Waals surface area contributed by atoms with E-state index in [9.17, 15) is 9.18 Å². The third kappa shape index (κ3) is 4.91. The summed E-state index contributed by atoms with van der Waals surface area (Å²) in [5, 5.41) is 5.77. The fourth-order valence-electron chi connectivity index (χ4n) is 2.64. The van der Waals surface area contributed by atoms with Crippen molar-refractivity contribution in [1.82, 2.24) is 15.3 Å². The molecule has 0 fully saturated rings. The van der Waals surface area contributed by atoms with Crippen molar-refractivity contribution in [2.45, 2.75) is 32.7 Å². The summed E-state index contributed by atoms with van der Waals surface area (Å²) in [6.07, 6.45) is 1.51. The maximum Gasteiger partial charge on any atom is 0.270 e. The van der Waals surface area contributed by atoms with Crippen molar-refractivity contribution in [2.24, 2.45) is 0 Å². The lowest BCUT2D eigenvalue weighted by Gasteiger charge is -2.19. The average molecular weight is 378 g/mol. The van der Waals surface area contributed by atoms with Gasteiger partial charge in [-0.2, -0.15) is 0 Å². The Morgan fingerprint density at radius 2 is 1.75 bits per heavy atom. The lowest BCUT2D eigenvalue weighted by molar-refractivity contribution is 0.0945. The van der Waals surface area contributed by atoms with E-state index in [-0.39, 0.29) is 23.5 Å². The minimum absolute atomic E-state index is 0.0747. The molecule has 28 heavy (non-hydrogen) atoms. The van der Waals surface area contributed by atoms with Crippen molar-refractivity contribution in [3.8, 4) is 0 Å². The molecule has 1 aromatic heterocycles. The zero-order valence-electron chi connectivity index (χ0n) is 16.2. The van der Waals surface area contributed by atoms with E-state index in [1.807, 2.05) is 24.3 Å². The summed E-state index contributed by atoms with van der Waals surface area (Å²) in [5.41, 5.74) is 2.75. The second kappa shape index (κ2) is 8.17. The van der Waals surface area contributed by atoms with Crippen LogP contribution in [0.3, 0.4) is 0 Å². The number of carbonyl (C=O) groups excluding carboxylic acids is 1. The van der Waals surface area contributed by atoms with Crippen LogP contribution < -0.4 is 10.6 Å². The number of nitrogens with one attached hydrogen (secondary N) is 2. The van der Waals surface area contributed by atoms with E-state index in [4.69, 9.17) is 0 Å². The van der Waals surface area contributed by atoms with E-state index in [2.05, 4.69) is 41.4 Å². The van der Waals surface area contributed by atoms with Gasteiger partial charge in [-0.1, -0.05) is 51.1 Å². The number of rotatable bonds is 5. The van der Waals surface area contributed by atoms with Crippen LogP contribution in [0, 0.1) is 5.82 Å². The molecule has 2 N–H and O–H groups in total. The number of aromatic nitrogens is 2. The van der Waals surface area contributed by atoms with Crippen molar-refractivity contribution < 1.29 is 9.18 Å². The maximum absolute atomic E-state index is 13.7. The van der Waals surface area contributed by atoms with E-state index in [1.54, 1.807) is 18.2 Å². The number of halogens is 1. The molecule has 0 aliphatic rings. The molecule has 0 bridgehead atoms. The fraction of sp³-hybridized carbons (Fsp3) is 0.227. The summed E-state index contributed by atoms with van der Waals surface area (Å²) in [5.74, 6) is -0.426. The molecule has 0 spiro atoms. The van der Waals surface area contributed by atoms with Gasteiger partial charge in [0.2, 0.25) is 5.95 Å². The Hall–Kier alpha value is -3.28. The molecule has 2 aromatic carbocycles. The fourth-order valence-corrected chi connectivity index (χ4v) is 2.64. The Morgan fingerprint density at radius 1 is 1.04 bits per heavy atom. The lowest BCUT2D eigenvalue weighted by Crippen LogP contribution is -2.24. The van der Waals surface area contributed by atoms with Crippen molar-refractivity contribution in [2.75, 3.05) is 5.32 Å². The molecule has 6 heteroatoms. The van der Waals surface area contributed by atoms with Crippen molar-refractivity contribution >= 4 is 17.5 Å². The van der Waals surface area contributed by atoms with E-state index in [0.717, 1.165) is 5.69 Å². The van der Waals surface area contributed by atoms with E-state index >= 15 is 0 Å². The van der Waals surface area contributed by atoms with Crippen LogP contribution in [0.15, 0.2) is 60.8 Å². The topological polar surface area (TPSA) is 66.9 Å². The Kier molecular flexibility index (Phi) is 5.68. The number of nitrogens with zero attached hydrogens (tertiary/aromatic N) is 2. The summed E-state index contributed by atoms with van der Waals surface area (Å²) in [7, 11) is 0. The van der Waals surface area contributed by atoms with Crippen molar-refractivity contribution in [1.29, 1.82) is 0 Å². The van der Waals surface area contributed by atoms with Gasteiger partial charge in [0, 0.05) is 24.0 Å². The van der Waals surface area contributed by atoms with Gasteiger partial charge < -0.3 is 10.6 Å². The molecular formula is C22H23FN4O. The van der Waals surface area contributed by atoms with Crippen LogP contribution in [0.2, 0.25) is 0 Å². The Morgan fingerprint density at radius 3 is 2.43 bits per heavy atom.